The second-order valence-corrected chi connectivity index (χ2v) is 5.80. The van der Waals surface area contributed by atoms with Crippen molar-refractivity contribution in [2.75, 3.05) is 32.8 Å². The summed E-state index contributed by atoms with van der Waals surface area (Å²) >= 11 is 0. The van der Waals surface area contributed by atoms with E-state index in [4.69, 9.17) is 10.5 Å². The normalized spacial score (nSPS) is 16.5. The predicted molar refractivity (Wildman–Crippen MR) is 89.8 cm³/mol. The summed E-state index contributed by atoms with van der Waals surface area (Å²) in [5.74, 6) is 1.16. The van der Waals surface area contributed by atoms with Crippen LogP contribution in [0.15, 0.2) is 4.99 Å². The summed E-state index contributed by atoms with van der Waals surface area (Å²) in [6.45, 7) is 5.27. The van der Waals surface area contributed by atoms with Gasteiger partial charge >= 0.3 is 0 Å². The molecule has 1 fully saturated rings. The molecule has 1 rings (SSSR count). The molecule has 1 aliphatic rings. The molecule has 6 heteroatoms. The minimum atomic E-state index is 0.154. The highest BCUT2D eigenvalue weighted by Gasteiger charge is 2.16. The number of nitrogens with one attached hydrogen (secondary N) is 2. The molecule has 0 aromatic rings. The Morgan fingerprint density at radius 3 is 2.68 bits per heavy atom. The van der Waals surface area contributed by atoms with Crippen molar-refractivity contribution in [3.05, 3.63) is 0 Å². The first kappa shape index (κ1) is 18.7. The van der Waals surface area contributed by atoms with Crippen LogP contribution in [0, 0.1) is 5.92 Å². The zero-order chi connectivity index (χ0) is 16.0. The fourth-order valence-corrected chi connectivity index (χ4v) is 2.68. The standard InChI is InChI=1S/C16H32N4O2/c1-2-22-12-6-9-19-16(17)20-11-10-18-15(21)13-14-7-4-3-5-8-14/h14H,2-13H2,1H3,(H,18,21)(H3,17,19,20). The van der Waals surface area contributed by atoms with Gasteiger partial charge in [0, 0.05) is 39.3 Å². The highest BCUT2D eigenvalue weighted by Crippen LogP contribution is 2.25. The minimum Gasteiger partial charge on any atom is -0.382 e. The van der Waals surface area contributed by atoms with Gasteiger partial charge in [0.25, 0.3) is 0 Å². The monoisotopic (exact) mass is 312 g/mol. The summed E-state index contributed by atoms with van der Waals surface area (Å²) in [7, 11) is 0. The van der Waals surface area contributed by atoms with Crippen molar-refractivity contribution in [1.82, 2.24) is 10.6 Å². The first-order valence-electron chi connectivity index (χ1n) is 8.60. The van der Waals surface area contributed by atoms with Crippen LogP contribution in [-0.4, -0.2) is 44.7 Å². The van der Waals surface area contributed by atoms with Crippen LogP contribution in [0.25, 0.3) is 0 Å². The first-order valence-corrected chi connectivity index (χ1v) is 8.60. The van der Waals surface area contributed by atoms with E-state index in [1.165, 1.54) is 32.1 Å². The summed E-state index contributed by atoms with van der Waals surface area (Å²) < 4.78 is 5.22. The van der Waals surface area contributed by atoms with E-state index in [0.29, 0.717) is 44.5 Å². The van der Waals surface area contributed by atoms with Gasteiger partial charge in [-0.25, -0.2) is 0 Å². The number of hydrogen-bond donors (Lipinski definition) is 3. The van der Waals surface area contributed by atoms with Crippen LogP contribution < -0.4 is 16.4 Å². The second kappa shape index (κ2) is 12.3. The molecule has 0 unspecified atom stereocenters. The van der Waals surface area contributed by atoms with Crippen LogP contribution in [-0.2, 0) is 9.53 Å². The van der Waals surface area contributed by atoms with E-state index in [0.717, 1.165) is 13.0 Å². The van der Waals surface area contributed by atoms with E-state index in [-0.39, 0.29) is 5.91 Å². The molecule has 128 valence electrons. The van der Waals surface area contributed by atoms with Crippen LogP contribution >= 0.6 is 0 Å². The molecule has 1 amide bonds. The van der Waals surface area contributed by atoms with Gasteiger partial charge in [-0.15, -0.1) is 0 Å². The van der Waals surface area contributed by atoms with Gasteiger partial charge in [0.1, 0.15) is 0 Å². The van der Waals surface area contributed by atoms with E-state index in [1.54, 1.807) is 0 Å². The number of carbonyl (C=O) groups is 1. The van der Waals surface area contributed by atoms with Crippen molar-refractivity contribution in [2.45, 2.75) is 51.9 Å². The minimum absolute atomic E-state index is 0.154. The van der Waals surface area contributed by atoms with Crippen molar-refractivity contribution in [2.24, 2.45) is 16.6 Å². The van der Waals surface area contributed by atoms with Gasteiger partial charge in [-0.3, -0.25) is 9.79 Å². The van der Waals surface area contributed by atoms with Crippen LogP contribution in [0.1, 0.15) is 51.9 Å². The average Bonchev–Trinajstić information content (AvgIpc) is 2.52. The third kappa shape index (κ3) is 9.60. The number of carbonyl (C=O) groups excluding carboxylic acids is 1. The highest BCUT2D eigenvalue weighted by atomic mass is 16.5. The molecule has 22 heavy (non-hydrogen) atoms. The molecule has 4 N–H and O–H groups in total. The maximum absolute atomic E-state index is 11.8. The Kier molecular flexibility index (Phi) is 10.5. The number of ether oxygens (including phenoxy) is 1. The van der Waals surface area contributed by atoms with E-state index in [2.05, 4.69) is 15.6 Å². The third-order valence-corrected chi connectivity index (χ3v) is 3.89. The van der Waals surface area contributed by atoms with Crippen LogP contribution in [0.4, 0.5) is 0 Å². The van der Waals surface area contributed by atoms with Crippen molar-refractivity contribution in [1.29, 1.82) is 0 Å². The number of nitrogens with zero attached hydrogens (tertiary/aromatic N) is 1. The SMILES string of the molecule is CCOCCCN=C(N)NCCNC(=O)CC1CCCCC1. The van der Waals surface area contributed by atoms with E-state index >= 15 is 0 Å². The molecule has 0 aromatic carbocycles. The summed E-state index contributed by atoms with van der Waals surface area (Å²) in [6, 6.07) is 0. The lowest BCUT2D eigenvalue weighted by atomic mass is 9.87. The molecule has 0 heterocycles. The zero-order valence-corrected chi connectivity index (χ0v) is 13.9. The van der Waals surface area contributed by atoms with Crippen molar-refractivity contribution in [3.63, 3.8) is 0 Å². The second-order valence-electron chi connectivity index (χ2n) is 5.80. The van der Waals surface area contributed by atoms with Gasteiger partial charge in [0.15, 0.2) is 5.96 Å². The molecule has 0 saturated heterocycles. The molecule has 0 spiro atoms. The number of nitrogens with two attached hydrogens (primary N) is 1. The van der Waals surface area contributed by atoms with Gasteiger partial charge in [0.05, 0.1) is 0 Å². The lowest BCUT2D eigenvalue weighted by Crippen LogP contribution is -2.39. The predicted octanol–water partition coefficient (Wildman–Crippen LogP) is 1.40. The number of hydrogen-bond acceptors (Lipinski definition) is 3. The number of aliphatic imine (C=N–C) groups is 1. The Hall–Kier alpha value is -1.30. The lowest BCUT2D eigenvalue weighted by molar-refractivity contribution is -0.122. The van der Waals surface area contributed by atoms with E-state index < -0.39 is 0 Å². The van der Waals surface area contributed by atoms with Gasteiger partial charge in [-0.1, -0.05) is 19.3 Å². The molecule has 1 saturated carbocycles. The Morgan fingerprint density at radius 2 is 1.95 bits per heavy atom. The molecule has 0 aromatic heterocycles. The maximum atomic E-state index is 11.8. The zero-order valence-electron chi connectivity index (χ0n) is 13.9. The molecule has 0 bridgehead atoms. The lowest BCUT2D eigenvalue weighted by Gasteiger charge is -2.20. The molecule has 1 aliphatic carbocycles. The summed E-state index contributed by atoms with van der Waals surface area (Å²) in [4.78, 5) is 16.0. The molecule has 0 aliphatic heterocycles. The van der Waals surface area contributed by atoms with Crippen molar-refractivity contribution < 1.29 is 9.53 Å². The van der Waals surface area contributed by atoms with Crippen molar-refractivity contribution >= 4 is 11.9 Å². The fourth-order valence-electron chi connectivity index (χ4n) is 2.68. The largest absolute Gasteiger partial charge is 0.382 e. The summed E-state index contributed by atoms with van der Waals surface area (Å²) in [5.41, 5.74) is 5.74. The topological polar surface area (TPSA) is 88.7 Å². The van der Waals surface area contributed by atoms with Gasteiger partial charge in [-0.05, 0) is 32.1 Å². The van der Waals surface area contributed by atoms with E-state index in [1.807, 2.05) is 6.92 Å². The number of rotatable bonds is 10. The Bertz CT molecular complexity index is 328. The number of amides is 1. The Labute approximate surface area is 134 Å². The Morgan fingerprint density at radius 1 is 1.23 bits per heavy atom. The summed E-state index contributed by atoms with van der Waals surface area (Å²) in [6.07, 6.45) is 7.81. The quantitative estimate of drug-likeness (QED) is 0.323. The van der Waals surface area contributed by atoms with Crippen LogP contribution in [0.2, 0.25) is 0 Å². The van der Waals surface area contributed by atoms with Gasteiger partial charge in [0.2, 0.25) is 5.91 Å². The molecular weight excluding hydrogens is 280 g/mol. The molecular formula is C16H32N4O2. The van der Waals surface area contributed by atoms with Gasteiger partial charge in [-0.2, -0.15) is 0 Å². The van der Waals surface area contributed by atoms with E-state index in [9.17, 15) is 4.79 Å². The maximum Gasteiger partial charge on any atom is 0.220 e. The molecule has 6 nitrogen and oxygen atoms in total. The van der Waals surface area contributed by atoms with Crippen molar-refractivity contribution in [3.8, 4) is 0 Å². The highest BCUT2D eigenvalue weighted by molar-refractivity contribution is 5.78. The third-order valence-electron chi connectivity index (χ3n) is 3.89. The average molecular weight is 312 g/mol. The summed E-state index contributed by atoms with van der Waals surface area (Å²) in [5, 5.41) is 5.94. The van der Waals surface area contributed by atoms with Crippen LogP contribution in [0.3, 0.4) is 0 Å². The smallest absolute Gasteiger partial charge is 0.220 e. The van der Waals surface area contributed by atoms with Crippen LogP contribution in [0.5, 0.6) is 0 Å². The van der Waals surface area contributed by atoms with Gasteiger partial charge < -0.3 is 21.1 Å². The Balaban J connectivity index is 1.98. The fraction of sp³-hybridized carbons (Fsp3) is 0.875. The molecule has 0 atom stereocenters. The number of guanidine groups is 1. The molecule has 0 radical (unpaired) electrons. The first-order chi connectivity index (χ1) is 10.7.